The second-order valence-corrected chi connectivity index (χ2v) is 5.84. The highest BCUT2D eigenvalue weighted by Crippen LogP contribution is 2.49. The van der Waals surface area contributed by atoms with Gasteiger partial charge in [0.2, 0.25) is 5.13 Å². The maximum Gasteiger partial charge on any atom is 0.205 e. The van der Waals surface area contributed by atoms with Gasteiger partial charge < -0.3 is 10.0 Å². The van der Waals surface area contributed by atoms with Crippen molar-refractivity contribution < 1.29 is 5.11 Å². The summed E-state index contributed by atoms with van der Waals surface area (Å²) in [5, 5.41) is 10.7. The molecule has 1 N–H and O–H groups in total. The molecule has 88 valence electrons. The largest absolute Gasteiger partial charge is 0.396 e. The Labute approximate surface area is 99.5 Å². The van der Waals surface area contributed by atoms with Gasteiger partial charge in [-0.2, -0.15) is 4.37 Å². The Morgan fingerprint density at radius 2 is 2.50 bits per heavy atom. The summed E-state index contributed by atoms with van der Waals surface area (Å²) in [5.74, 6) is 1.51. The van der Waals surface area contributed by atoms with Gasteiger partial charge in [0.05, 0.1) is 6.61 Å². The molecular formula is C11H17N3OS. The van der Waals surface area contributed by atoms with Crippen molar-refractivity contribution in [3.05, 3.63) is 5.82 Å². The third-order valence-corrected chi connectivity index (χ3v) is 5.01. The minimum absolute atomic E-state index is 0.152. The van der Waals surface area contributed by atoms with Crippen LogP contribution in [0.1, 0.15) is 25.1 Å². The van der Waals surface area contributed by atoms with Gasteiger partial charge in [-0.05, 0) is 25.7 Å². The molecule has 2 atom stereocenters. The molecule has 2 aliphatic rings. The zero-order chi connectivity index (χ0) is 11.2. The average Bonchev–Trinajstić information content (AvgIpc) is 2.89. The Morgan fingerprint density at radius 1 is 1.62 bits per heavy atom. The van der Waals surface area contributed by atoms with Crippen LogP contribution in [0.25, 0.3) is 0 Å². The number of hydrogen-bond donors (Lipinski definition) is 1. The first-order valence-electron chi connectivity index (χ1n) is 5.90. The van der Waals surface area contributed by atoms with E-state index >= 15 is 0 Å². The van der Waals surface area contributed by atoms with Crippen molar-refractivity contribution in [3.63, 3.8) is 0 Å². The van der Waals surface area contributed by atoms with Crippen LogP contribution < -0.4 is 4.90 Å². The van der Waals surface area contributed by atoms with E-state index in [0.29, 0.717) is 12.5 Å². The van der Waals surface area contributed by atoms with Crippen molar-refractivity contribution in [2.45, 2.75) is 26.2 Å². The van der Waals surface area contributed by atoms with Gasteiger partial charge in [0, 0.05) is 30.0 Å². The number of rotatable bonds is 2. The molecular weight excluding hydrogens is 222 g/mol. The molecule has 1 aromatic rings. The molecule has 2 fully saturated rings. The van der Waals surface area contributed by atoms with Gasteiger partial charge in [0.25, 0.3) is 0 Å². The van der Waals surface area contributed by atoms with Crippen LogP contribution in [0.5, 0.6) is 0 Å². The molecule has 1 saturated heterocycles. The molecule has 1 aliphatic carbocycles. The van der Waals surface area contributed by atoms with Crippen LogP contribution in [0, 0.1) is 18.3 Å². The summed E-state index contributed by atoms with van der Waals surface area (Å²) in [6.45, 7) is 4.27. The first kappa shape index (κ1) is 10.5. The fourth-order valence-corrected chi connectivity index (χ4v) is 3.92. The van der Waals surface area contributed by atoms with Crippen LogP contribution in [0.2, 0.25) is 0 Å². The molecule has 2 unspecified atom stereocenters. The Kier molecular flexibility index (Phi) is 2.40. The predicted octanol–water partition coefficient (Wildman–Crippen LogP) is 1.45. The van der Waals surface area contributed by atoms with Crippen LogP contribution in [-0.4, -0.2) is 34.2 Å². The molecule has 5 heteroatoms. The van der Waals surface area contributed by atoms with Gasteiger partial charge in [0.15, 0.2) is 0 Å². The highest BCUT2D eigenvalue weighted by atomic mass is 32.1. The lowest BCUT2D eigenvalue weighted by atomic mass is 9.82. The SMILES string of the molecule is Cc1nsc(N2CC3CCCC3(CO)C2)n1. The molecule has 0 radical (unpaired) electrons. The molecule has 0 amide bonds. The second-order valence-electron chi connectivity index (χ2n) is 5.11. The van der Waals surface area contributed by atoms with E-state index in [4.69, 9.17) is 0 Å². The van der Waals surface area contributed by atoms with Crippen LogP contribution in [0.15, 0.2) is 0 Å². The molecule has 1 aromatic heterocycles. The summed E-state index contributed by atoms with van der Waals surface area (Å²) >= 11 is 1.48. The predicted molar refractivity (Wildman–Crippen MR) is 63.7 cm³/mol. The van der Waals surface area contributed by atoms with Gasteiger partial charge in [-0.15, -0.1) is 0 Å². The summed E-state index contributed by atoms with van der Waals surface area (Å²) in [6.07, 6.45) is 3.70. The van der Waals surface area contributed by atoms with E-state index in [1.54, 1.807) is 0 Å². The standard InChI is InChI=1S/C11H17N3OS/c1-8-12-10(16-13-8)14-5-9-3-2-4-11(9,6-14)7-15/h9,15H,2-7H2,1H3. The summed E-state index contributed by atoms with van der Waals surface area (Å²) in [7, 11) is 0. The second kappa shape index (κ2) is 3.67. The van der Waals surface area contributed by atoms with Gasteiger partial charge in [-0.1, -0.05) is 6.42 Å². The highest BCUT2D eigenvalue weighted by molar-refractivity contribution is 7.09. The Hall–Kier alpha value is -0.680. The molecule has 0 bridgehead atoms. The summed E-state index contributed by atoms with van der Waals surface area (Å²) in [4.78, 5) is 6.75. The number of aliphatic hydroxyl groups is 1. The normalized spacial score (nSPS) is 33.4. The summed E-state index contributed by atoms with van der Waals surface area (Å²) in [5.41, 5.74) is 0.152. The number of aliphatic hydroxyl groups excluding tert-OH is 1. The molecule has 0 spiro atoms. The minimum atomic E-state index is 0.152. The van der Waals surface area contributed by atoms with E-state index in [0.717, 1.165) is 24.0 Å². The first-order valence-corrected chi connectivity index (χ1v) is 6.67. The van der Waals surface area contributed by atoms with Crippen LogP contribution in [0.3, 0.4) is 0 Å². The number of aryl methyl sites for hydroxylation is 1. The zero-order valence-electron chi connectivity index (χ0n) is 9.52. The van der Waals surface area contributed by atoms with Gasteiger partial charge >= 0.3 is 0 Å². The smallest absolute Gasteiger partial charge is 0.205 e. The van der Waals surface area contributed by atoms with E-state index in [2.05, 4.69) is 14.3 Å². The van der Waals surface area contributed by atoms with Crippen molar-refractivity contribution >= 4 is 16.7 Å². The Bertz CT molecular complexity index is 394. The highest BCUT2D eigenvalue weighted by Gasteiger charge is 2.49. The van der Waals surface area contributed by atoms with Gasteiger partial charge in [-0.25, -0.2) is 4.98 Å². The number of nitrogens with zero attached hydrogens (tertiary/aromatic N) is 3. The maximum absolute atomic E-state index is 9.64. The molecule has 4 nitrogen and oxygen atoms in total. The zero-order valence-corrected chi connectivity index (χ0v) is 10.3. The van der Waals surface area contributed by atoms with Crippen LogP contribution in [0.4, 0.5) is 5.13 Å². The quantitative estimate of drug-likeness (QED) is 0.848. The van der Waals surface area contributed by atoms with E-state index in [1.807, 2.05) is 6.92 Å². The van der Waals surface area contributed by atoms with Crippen molar-refractivity contribution in [3.8, 4) is 0 Å². The van der Waals surface area contributed by atoms with Crippen molar-refractivity contribution in [2.24, 2.45) is 11.3 Å². The third kappa shape index (κ3) is 1.45. The summed E-state index contributed by atoms with van der Waals surface area (Å²) < 4.78 is 4.23. The van der Waals surface area contributed by atoms with Gasteiger partial charge in [-0.3, -0.25) is 0 Å². The number of fused-ring (bicyclic) bond motifs is 1. The van der Waals surface area contributed by atoms with E-state index in [-0.39, 0.29) is 5.41 Å². The van der Waals surface area contributed by atoms with Crippen molar-refractivity contribution in [1.29, 1.82) is 0 Å². The van der Waals surface area contributed by atoms with Gasteiger partial charge in [0.1, 0.15) is 5.82 Å². The van der Waals surface area contributed by atoms with Crippen LogP contribution in [-0.2, 0) is 0 Å². The molecule has 1 saturated carbocycles. The molecule has 1 aliphatic heterocycles. The topological polar surface area (TPSA) is 49.2 Å². The van der Waals surface area contributed by atoms with Crippen molar-refractivity contribution in [1.82, 2.24) is 9.36 Å². The Morgan fingerprint density at radius 3 is 3.12 bits per heavy atom. The molecule has 2 heterocycles. The average molecular weight is 239 g/mol. The van der Waals surface area contributed by atoms with Crippen LogP contribution >= 0.6 is 11.5 Å². The lowest BCUT2D eigenvalue weighted by Gasteiger charge is -2.25. The third-order valence-electron chi connectivity index (χ3n) is 4.14. The first-order chi connectivity index (χ1) is 7.73. The number of anilines is 1. The fraction of sp³-hybridized carbons (Fsp3) is 0.818. The van der Waals surface area contributed by atoms with Crippen molar-refractivity contribution in [2.75, 3.05) is 24.6 Å². The monoisotopic (exact) mass is 239 g/mol. The Balaban J connectivity index is 1.82. The maximum atomic E-state index is 9.64. The lowest BCUT2D eigenvalue weighted by Crippen LogP contribution is -2.30. The lowest BCUT2D eigenvalue weighted by molar-refractivity contribution is 0.121. The van der Waals surface area contributed by atoms with E-state index in [1.165, 1.54) is 30.8 Å². The summed E-state index contributed by atoms with van der Waals surface area (Å²) in [6, 6.07) is 0. The van der Waals surface area contributed by atoms with E-state index < -0.39 is 0 Å². The molecule has 0 aromatic carbocycles. The number of hydrogen-bond acceptors (Lipinski definition) is 5. The molecule has 16 heavy (non-hydrogen) atoms. The fourth-order valence-electron chi connectivity index (χ4n) is 3.23. The van der Waals surface area contributed by atoms with E-state index in [9.17, 15) is 5.11 Å². The number of aromatic nitrogens is 2. The molecule has 3 rings (SSSR count). The minimum Gasteiger partial charge on any atom is -0.396 e.